The van der Waals surface area contributed by atoms with E-state index >= 15 is 0 Å². The lowest BCUT2D eigenvalue weighted by Gasteiger charge is -2.34. The highest BCUT2D eigenvalue weighted by Gasteiger charge is 2.47. The molecule has 0 saturated carbocycles. The number of anilines is 3. The molecule has 11 aromatic carbocycles. The average molecular weight is 926 g/mol. The third-order valence-electron chi connectivity index (χ3n) is 14.6. The lowest BCUT2D eigenvalue weighted by atomic mass is 9.68. The Morgan fingerprint density at radius 2 is 0.786 bits per heavy atom. The van der Waals surface area contributed by atoms with Gasteiger partial charge in [-0.15, -0.1) is 22.7 Å². The van der Waals surface area contributed by atoms with Crippen LogP contribution in [0.1, 0.15) is 22.3 Å². The zero-order chi connectivity index (χ0) is 46.2. The van der Waals surface area contributed by atoms with Gasteiger partial charge in [0.05, 0.1) is 11.1 Å². The zero-order valence-electron chi connectivity index (χ0n) is 38.1. The zero-order valence-corrected chi connectivity index (χ0v) is 39.7. The van der Waals surface area contributed by atoms with Gasteiger partial charge < -0.3 is 4.90 Å². The minimum atomic E-state index is -0.524. The number of nitrogens with zero attached hydrogens (tertiary/aromatic N) is 1. The first kappa shape index (κ1) is 40.7. The Balaban J connectivity index is 0.957. The van der Waals surface area contributed by atoms with Crippen LogP contribution in [0.4, 0.5) is 17.1 Å². The number of thiophene rings is 2. The fourth-order valence-electron chi connectivity index (χ4n) is 11.5. The van der Waals surface area contributed by atoms with Crippen LogP contribution in [-0.4, -0.2) is 0 Å². The van der Waals surface area contributed by atoms with Crippen molar-refractivity contribution in [2.45, 2.75) is 5.41 Å². The first-order valence-electron chi connectivity index (χ1n) is 24.0. The van der Waals surface area contributed by atoms with Gasteiger partial charge in [-0.25, -0.2) is 0 Å². The highest BCUT2D eigenvalue weighted by atomic mass is 32.1. The summed E-state index contributed by atoms with van der Waals surface area (Å²) in [5, 5.41) is 5.25. The topological polar surface area (TPSA) is 3.24 Å². The molecule has 0 N–H and O–H groups in total. The van der Waals surface area contributed by atoms with E-state index in [0.717, 1.165) is 17.1 Å². The van der Waals surface area contributed by atoms with E-state index in [-0.39, 0.29) is 0 Å². The first-order chi connectivity index (χ1) is 34.7. The minimum Gasteiger partial charge on any atom is -0.310 e. The molecule has 1 aliphatic rings. The van der Waals surface area contributed by atoms with Gasteiger partial charge in [-0.05, 0) is 110 Å². The molecule has 70 heavy (non-hydrogen) atoms. The van der Waals surface area contributed by atoms with Crippen molar-refractivity contribution in [2.24, 2.45) is 0 Å². The molecule has 2 heterocycles. The van der Waals surface area contributed by atoms with Gasteiger partial charge in [0, 0.05) is 57.3 Å². The number of rotatable bonds is 8. The quantitative estimate of drug-likeness (QED) is 0.147. The van der Waals surface area contributed by atoms with E-state index < -0.39 is 5.41 Å². The normalized spacial score (nSPS) is 12.7. The molecule has 2 aromatic heterocycles. The van der Waals surface area contributed by atoms with Crippen LogP contribution in [0.3, 0.4) is 0 Å². The second kappa shape index (κ2) is 16.4. The van der Waals surface area contributed by atoms with Crippen molar-refractivity contribution in [3.63, 3.8) is 0 Å². The van der Waals surface area contributed by atoms with Crippen LogP contribution in [-0.2, 0) is 5.41 Å². The molecule has 0 amide bonds. The van der Waals surface area contributed by atoms with Gasteiger partial charge in [0.25, 0.3) is 0 Å². The molecule has 14 rings (SSSR count). The molecule has 328 valence electrons. The fraction of sp³-hybridized carbons (Fsp3) is 0.0149. The Hall–Kier alpha value is -8.34. The number of fused-ring (bicyclic) bond motifs is 9. The number of hydrogen-bond acceptors (Lipinski definition) is 3. The van der Waals surface area contributed by atoms with Crippen LogP contribution < -0.4 is 4.90 Å². The third-order valence-corrected chi connectivity index (χ3v) is 17.0. The highest BCUT2D eigenvalue weighted by molar-refractivity contribution is 7.26. The molecule has 0 aliphatic heterocycles. The molecule has 0 radical (unpaired) electrons. The molecule has 1 aliphatic carbocycles. The predicted octanol–water partition coefficient (Wildman–Crippen LogP) is 19.3. The molecular weight excluding hydrogens is 883 g/mol. The summed E-state index contributed by atoms with van der Waals surface area (Å²) in [4.78, 5) is 2.50. The van der Waals surface area contributed by atoms with Gasteiger partial charge in [0.2, 0.25) is 0 Å². The van der Waals surface area contributed by atoms with Crippen molar-refractivity contribution >= 4 is 80.1 Å². The van der Waals surface area contributed by atoms with Crippen molar-refractivity contribution in [1.82, 2.24) is 0 Å². The smallest absolute Gasteiger partial charge is 0.0714 e. The Morgan fingerprint density at radius 3 is 1.44 bits per heavy atom. The summed E-state index contributed by atoms with van der Waals surface area (Å²) in [6.45, 7) is 0. The molecule has 0 bridgehead atoms. The van der Waals surface area contributed by atoms with E-state index in [0.29, 0.717) is 0 Å². The predicted molar refractivity (Wildman–Crippen MR) is 301 cm³/mol. The van der Waals surface area contributed by atoms with Crippen LogP contribution in [0.2, 0.25) is 0 Å². The Labute approximate surface area is 415 Å². The van der Waals surface area contributed by atoms with Gasteiger partial charge in [-0.3, -0.25) is 0 Å². The molecule has 13 aromatic rings. The maximum absolute atomic E-state index is 2.50. The summed E-state index contributed by atoms with van der Waals surface area (Å²) >= 11 is 3.76. The summed E-state index contributed by atoms with van der Waals surface area (Å²) < 4.78 is 5.28. The van der Waals surface area contributed by atoms with Crippen molar-refractivity contribution in [1.29, 1.82) is 0 Å². The molecule has 1 nitrogen and oxygen atoms in total. The van der Waals surface area contributed by atoms with E-state index in [1.165, 1.54) is 107 Å². The minimum absolute atomic E-state index is 0.524. The first-order valence-corrected chi connectivity index (χ1v) is 25.6. The monoisotopic (exact) mass is 925 g/mol. The van der Waals surface area contributed by atoms with Crippen LogP contribution in [0, 0.1) is 0 Å². The molecule has 0 spiro atoms. The number of benzene rings is 11. The van der Waals surface area contributed by atoms with Crippen LogP contribution in [0.15, 0.2) is 261 Å². The largest absolute Gasteiger partial charge is 0.310 e. The molecule has 0 atom stereocenters. The van der Waals surface area contributed by atoms with Crippen LogP contribution in [0.5, 0.6) is 0 Å². The molecule has 0 saturated heterocycles. The SMILES string of the molecule is c1ccc(C2(c3ccccc3)c3ccccc3-c3c(N(c4ccc(-c5cccc(-c6cccc7c6sc6ccccc67)c5)cc4)c4cccc(-c5cccc6c5sc5ccccc56)c4)cccc32)cc1. The molecular formula is C67H43NS2. The van der Waals surface area contributed by atoms with Crippen molar-refractivity contribution in [3.05, 3.63) is 283 Å². The van der Waals surface area contributed by atoms with E-state index in [9.17, 15) is 0 Å². The third kappa shape index (κ3) is 6.29. The van der Waals surface area contributed by atoms with Crippen molar-refractivity contribution in [3.8, 4) is 44.5 Å². The maximum atomic E-state index is 2.50. The average Bonchev–Trinajstić information content (AvgIpc) is 4.11. The lowest BCUT2D eigenvalue weighted by molar-refractivity contribution is 0.768. The fourth-order valence-corrected chi connectivity index (χ4v) is 14.0. The summed E-state index contributed by atoms with van der Waals surface area (Å²) in [6, 6.07) is 96.8. The summed E-state index contributed by atoms with van der Waals surface area (Å²) in [5.74, 6) is 0. The molecule has 3 heteroatoms. The van der Waals surface area contributed by atoms with Gasteiger partial charge in [0.1, 0.15) is 0 Å². The van der Waals surface area contributed by atoms with Crippen molar-refractivity contribution in [2.75, 3.05) is 4.90 Å². The summed E-state index contributed by atoms with van der Waals surface area (Å²) in [6.07, 6.45) is 0. The Morgan fingerprint density at radius 1 is 0.300 bits per heavy atom. The summed E-state index contributed by atoms with van der Waals surface area (Å²) in [7, 11) is 0. The van der Waals surface area contributed by atoms with E-state index in [1.54, 1.807) is 0 Å². The van der Waals surface area contributed by atoms with E-state index in [4.69, 9.17) is 0 Å². The van der Waals surface area contributed by atoms with Gasteiger partial charge in [0.15, 0.2) is 0 Å². The highest BCUT2D eigenvalue weighted by Crippen LogP contribution is 2.59. The van der Waals surface area contributed by atoms with Crippen LogP contribution in [0.25, 0.3) is 84.9 Å². The van der Waals surface area contributed by atoms with E-state index in [1.807, 2.05) is 22.7 Å². The van der Waals surface area contributed by atoms with Gasteiger partial charge in [-0.2, -0.15) is 0 Å². The van der Waals surface area contributed by atoms with Gasteiger partial charge in [-0.1, -0.05) is 212 Å². The van der Waals surface area contributed by atoms with Gasteiger partial charge >= 0.3 is 0 Å². The lowest BCUT2D eigenvalue weighted by Crippen LogP contribution is -2.28. The Bertz CT molecular complexity index is 4090. The number of hydrogen-bond donors (Lipinski definition) is 0. The van der Waals surface area contributed by atoms with E-state index in [2.05, 4.69) is 266 Å². The Kier molecular flexibility index (Phi) is 9.55. The summed E-state index contributed by atoms with van der Waals surface area (Å²) in [5.41, 5.74) is 17.7. The second-order valence-corrected chi connectivity index (χ2v) is 20.4. The van der Waals surface area contributed by atoms with Crippen LogP contribution >= 0.6 is 22.7 Å². The van der Waals surface area contributed by atoms with Crippen molar-refractivity contribution < 1.29 is 0 Å². The standard InChI is InChI=1S/C67H43NS2/c1-3-21-48(22-4-1)67(49-23-5-2-6-24-49)59-33-10-7-28-58(59)64-60(67)34-17-35-61(64)68(51-25-14-20-47(43-51)53-30-16-32-57-55-27-9-12-37-63(55)70-66(53)57)50-40-38-44(39-41-50)45-18-13-19-46(42-45)52-29-15-31-56-54-26-8-11-36-62(54)69-65(52)56/h1-43H. The molecule has 0 unspecified atom stereocenters. The second-order valence-electron chi connectivity index (χ2n) is 18.3. The maximum Gasteiger partial charge on any atom is 0.0714 e. The molecule has 0 fully saturated rings.